The van der Waals surface area contributed by atoms with E-state index in [0.29, 0.717) is 0 Å². The Morgan fingerprint density at radius 1 is 1.57 bits per heavy atom. The van der Waals surface area contributed by atoms with Crippen LogP contribution in [0.5, 0.6) is 0 Å². The minimum Gasteiger partial charge on any atom is -0.400 e. The number of hydrogen-bond acceptors (Lipinski definition) is 3. The molecule has 0 unspecified atom stereocenters. The first-order chi connectivity index (χ1) is 3.27. The van der Waals surface area contributed by atoms with Crippen LogP contribution in [0.3, 0.4) is 0 Å². The Labute approximate surface area is 42.6 Å². The van der Waals surface area contributed by atoms with Crippen molar-refractivity contribution in [3.8, 4) is 0 Å². The minimum absolute atomic E-state index is 0.190. The third kappa shape index (κ3) is 28.5. The molecule has 3 heteroatoms. The van der Waals surface area contributed by atoms with Crippen LogP contribution in [0.2, 0.25) is 0 Å². The Balaban J connectivity index is 0. The number of hydrogen-bond donors (Lipinski definition) is 2. The van der Waals surface area contributed by atoms with Crippen molar-refractivity contribution in [3.63, 3.8) is 0 Å². The molecule has 0 aromatic carbocycles. The molecule has 0 saturated carbocycles. The normalized spacial score (nSPS) is 6.29. The number of aliphatic hydroxyl groups is 2. The minimum atomic E-state index is -0.333. The number of Topliss-reactive ketones (excluding diaryl/α,β-unsaturated/α-hetero) is 1. The number of carbonyl (C=O) groups is 1. The van der Waals surface area contributed by atoms with Gasteiger partial charge in [-0.05, 0) is 6.92 Å². The zero-order valence-electron chi connectivity index (χ0n) is 4.51. The van der Waals surface area contributed by atoms with Crippen LogP contribution in [-0.4, -0.2) is 29.7 Å². The molecule has 44 valence electrons. The van der Waals surface area contributed by atoms with Crippen LogP contribution in [0.1, 0.15) is 6.92 Å². The maximum absolute atomic E-state index is 9.56. The largest absolute Gasteiger partial charge is 0.400 e. The molecule has 0 rings (SSSR count). The molecule has 0 aromatic rings. The molecule has 0 amide bonds. The van der Waals surface area contributed by atoms with Crippen molar-refractivity contribution in [2.24, 2.45) is 0 Å². The first-order valence-corrected chi connectivity index (χ1v) is 1.82. The summed E-state index contributed by atoms with van der Waals surface area (Å²) in [7, 11) is 1.00. The fourth-order valence-electron chi connectivity index (χ4n) is 0. The van der Waals surface area contributed by atoms with Crippen LogP contribution in [0, 0.1) is 0 Å². The second-order valence-electron chi connectivity index (χ2n) is 0.860. The van der Waals surface area contributed by atoms with Crippen LogP contribution in [0.25, 0.3) is 0 Å². The fraction of sp³-hybridized carbons (Fsp3) is 0.750. The van der Waals surface area contributed by atoms with Gasteiger partial charge < -0.3 is 10.2 Å². The van der Waals surface area contributed by atoms with E-state index >= 15 is 0 Å². The van der Waals surface area contributed by atoms with E-state index in [4.69, 9.17) is 10.2 Å². The van der Waals surface area contributed by atoms with E-state index in [1.165, 1.54) is 6.92 Å². The molecular formula is C4H10O3. The number of carbonyl (C=O) groups excluding carboxylic acids is 1. The molecule has 0 saturated heterocycles. The summed E-state index contributed by atoms with van der Waals surface area (Å²) in [5, 5.41) is 14.8. The summed E-state index contributed by atoms with van der Waals surface area (Å²) in [4.78, 5) is 9.56. The fourth-order valence-corrected chi connectivity index (χ4v) is 0. The van der Waals surface area contributed by atoms with Crippen LogP contribution < -0.4 is 0 Å². The third-order valence-corrected chi connectivity index (χ3v) is 0.223. The summed E-state index contributed by atoms with van der Waals surface area (Å²) >= 11 is 0. The average Bonchev–Trinajstić information content (AvgIpc) is 1.73. The standard InChI is InChI=1S/C3H6O2.CH4O/c1-3(5)2-4;1-2/h4H,2H2,1H3;2H,1H3. The lowest BCUT2D eigenvalue weighted by atomic mass is 10.5. The summed E-state index contributed by atoms with van der Waals surface area (Å²) < 4.78 is 0. The highest BCUT2D eigenvalue weighted by Gasteiger charge is 1.78. The molecule has 0 fully saturated rings. The molecule has 0 heterocycles. The summed E-state index contributed by atoms with van der Waals surface area (Å²) in [6, 6.07) is 0. The Morgan fingerprint density at radius 3 is 1.71 bits per heavy atom. The molecular weight excluding hydrogens is 96.0 g/mol. The van der Waals surface area contributed by atoms with Crippen LogP contribution in [-0.2, 0) is 4.79 Å². The van der Waals surface area contributed by atoms with Gasteiger partial charge in [0.1, 0.15) is 6.61 Å². The summed E-state index contributed by atoms with van der Waals surface area (Å²) in [5.41, 5.74) is 0. The van der Waals surface area contributed by atoms with Crippen molar-refractivity contribution in [3.05, 3.63) is 0 Å². The first-order valence-electron chi connectivity index (χ1n) is 1.82. The van der Waals surface area contributed by atoms with Gasteiger partial charge in [-0.3, -0.25) is 4.79 Å². The van der Waals surface area contributed by atoms with Crippen molar-refractivity contribution >= 4 is 5.78 Å². The van der Waals surface area contributed by atoms with Crippen molar-refractivity contribution in [2.45, 2.75) is 6.92 Å². The zero-order chi connectivity index (χ0) is 6.28. The van der Waals surface area contributed by atoms with Gasteiger partial charge in [0.2, 0.25) is 0 Å². The molecule has 0 spiro atoms. The van der Waals surface area contributed by atoms with Gasteiger partial charge in [0, 0.05) is 7.11 Å². The molecule has 0 bridgehead atoms. The quantitative estimate of drug-likeness (QED) is 0.459. The second kappa shape index (κ2) is 9.14. The monoisotopic (exact) mass is 106 g/mol. The highest BCUT2D eigenvalue weighted by atomic mass is 16.3. The molecule has 2 N–H and O–H groups in total. The molecule has 3 nitrogen and oxygen atoms in total. The molecule has 0 aliphatic heterocycles. The van der Waals surface area contributed by atoms with Gasteiger partial charge in [-0.1, -0.05) is 0 Å². The number of ketones is 1. The lowest BCUT2D eigenvalue weighted by Crippen LogP contribution is -1.93. The maximum atomic E-state index is 9.56. The predicted molar refractivity (Wildman–Crippen MR) is 25.9 cm³/mol. The Hall–Kier alpha value is -0.410. The van der Waals surface area contributed by atoms with Gasteiger partial charge in [0.25, 0.3) is 0 Å². The lowest BCUT2D eigenvalue weighted by Gasteiger charge is -1.72. The average molecular weight is 106 g/mol. The van der Waals surface area contributed by atoms with Crippen molar-refractivity contribution in [1.82, 2.24) is 0 Å². The van der Waals surface area contributed by atoms with Crippen LogP contribution in [0.4, 0.5) is 0 Å². The first kappa shape index (κ1) is 9.77. The van der Waals surface area contributed by atoms with E-state index in [1.807, 2.05) is 0 Å². The van der Waals surface area contributed by atoms with Crippen molar-refractivity contribution in [2.75, 3.05) is 13.7 Å². The second-order valence-corrected chi connectivity index (χ2v) is 0.860. The Bertz CT molecular complexity index is 42.2. The van der Waals surface area contributed by atoms with Gasteiger partial charge >= 0.3 is 0 Å². The zero-order valence-corrected chi connectivity index (χ0v) is 4.51. The Morgan fingerprint density at radius 2 is 1.71 bits per heavy atom. The van der Waals surface area contributed by atoms with Crippen molar-refractivity contribution in [1.29, 1.82) is 0 Å². The van der Waals surface area contributed by atoms with E-state index in [-0.39, 0.29) is 12.4 Å². The van der Waals surface area contributed by atoms with E-state index < -0.39 is 0 Å². The third-order valence-electron chi connectivity index (χ3n) is 0.223. The van der Waals surface area contributed by atoms with E-state index in [0.717, 1.165) is 7.11 Å². The number of aliphatic hydroxyl groups excluding tert-OH is 2. The smallest absolute Gasteiger partial charge is 0.155 e. The molecule has 0 atom stereocenters. The van der Waals surface area contributed by atoms with Crippen LogP contribution in [0.15, 0.2) is 0 Å². The van der Waals surface area contributed by atoms with Gasteiger partial charge in [-0.15, -0.1) is 0 Å². The summed E-state index contributed by atoms with van der Waals surface area (Å²) in [5.74, 6) is -0.190. The van der Waals surface area contributed by atoms with Gasteiger partial charge in [0.15, 0.2) is 5.78 Å². The molecule has 0 aromatic heterocycles. The van der Waals surface area contributed by atoms with Crippen LogP contribution >= 0.6 is 0 Å². The highest BCUT2D eigenvalue weighted by molar-refractivity contribution is 5.76. The van der Waals surface area contributed by atoms with E-state index in [1.54, 1.807) is 0 Å². The van der Waals surface area contributed by atoms with Gasteiger partial charge in [-0.25, -0.2) is 0 Å². The summed E-state index contributed by atoms with van der Waals surface area (Å²) in [6.45, 7) is 1.000. The topological polar surface area (TPSA) is 57.5 Å². The number of rotatable bonds is 1. The lowest BCUT2D eigenvalue weighted by molar-refractivity contribution is -0.119. The van der Waals surface area contributed by atoms with Gasteiger partial charge in [-0.2, -0.15) is 0 Å². The maximum Gasteiger partial charge on any atom is 0.155 e. The van der Waals surface area contributed by atoms with Gasteiger partial charge in [0.05, 0.1) is 0 Å². The van der Waals surface area contributed by atoms with E-state index in [9.17, 15) is 4.79 Å². The highest BCUT2D eigenvalue weighted by Crippen LogP contribution is 1.55. The summed E-state index contributed by atoms with van der Waals surface area (Å²) in [6.07, 6.45) is 0. The molecule has 0 aliphatic carbocycles. The molecule has 0 radical (unpaired) electrons. The predicted octanol–water partition coefficient (Wildman–Crippen LogP) is -0.824. The Kier molecular flexibility index (Phi) is 12.8. The molecule has 0 aliphatic rings. The van der Waals surface area contributed by atoms with E-state index in [2.05, 4.69) is 0 Å². The van der Waals surface area contributed by atoms with Crippen molar-refractivity contribution < 1.29 is 15.0 Å². The molecule has 7 heavy (non-hydrogen) atoms. The SMILES string of the molecule is CC(=O)CO.CO.